The number of hydrogen-bond acceptors (Lipinski definition) is 4. The van der Waals surface area contributed by atoms with Gasteiger partial charge in [0.25, 0.3) is 5.91 Å². The standard InChI is InChI=1S/C28H33N5O3/c1-18-8-10-21(11-9-18)25-24-22(30(4)28(36)29-25)16-33(27(24)35)17-23(34)31-12-14-32(15-13-31)26-19(2)6-5-7-20(26)3/h5-11,25H,12-17H2,1-4H3,(H,29,36). The zero-order valence-corrected chi connectivity index (χ0v) is 21.4. The first-order valence-electron chi connectivity index (χ1n) is 12.5. The van der Waals surface area contributed by atoms with E-state index < -0.39 is 6.04 Å². The molecule has 1 fully saturated rings. The Bertz CT molecular complexity index is 1220. The van der Waals surface area contributed by atoms with Crippen LogP contribution in [0.15, 0.2) is 53.7 Å². The molecular weight excluding hydrogens is 454 g/mol. The zero-order valence-electron chi connectivity index (χ0n) is 21.4. The van der Waals surface area contributed by atoms with Crippen LogP contribution in [-0.4, -0.2) is 78.9 Å². The smallest absolute Gasteiger partial charge is 0.322 e. The Kier molecular flexibility index (Phi) is 6.20. The largest absolute Gasteiger partial charge is 0.368 e. The number of amides is 4. The van der Waals surface area contributed by atoms with Gasteiger partial charge in [-0.2, -0.15) is 0 Å². The van der Waals surface area contributed by atoms with Crippen LogP contribution in [0, 0.1) is 20.8 Å². The fraction of sp³-hybridized carbons (Fsp3) is 0.393. The minimum Gasteiger partial charge on any atom is -0.368 e. The molecule has 1 unspecified atom stereocenters. The van der Waals surface area contributed by atoms with Gasteiger partial charge in [0.05, 0.1) is 23.9 Å². The highest BCUT2D eigenvalue weighted by molar-refractivity contribution is 6.03. The third-order valence-electron chi connectivity index (χ3n) is 7.56. The monoisotopic (exact) mass is 487 g/mol. The van der Waals surface area contributed by atoms with E-state index in [1.807, 2.05) is 36.1 Å². The number of carbonyl (C=O) groups is 3. The number of rotatable bonds is 4. The summed E-state index contributed by atoms with van der Waals surface area (Å²) in [6, 6.07) is 13.4. The highest BCUT2D eigenvalue weighted by Gasteiger charge is 2.43. The number of para-hydroxylation sites is 1. The Morgan fingerprint density at radius 2 is 1.58 bits per heavy atom. The summed E-state index contributed by atoms with van der Waals surface area (Å²) in [7, 11) is 1.67. The first-order valence-corrected chi connectivity index (χ1v) is 12.5. The normalized spacial score (nSPS) is 20.2. The van der Waals surface area contributed by atoms with Crippen LogP contribution in [0.25, 0.3) is 0 Å². The minimum atomic E-state index is -0.516. The van der Waals surface area contributed by atoms with Gasteiger partial charge in [0.2, 0.25) is 5.91 Å². The molecule has 8 heteroatoms. The van der Waals surface area contributed by atoms with Crippen molar-refractivity contribution in [3.05, 3.63) is 76.0 Å². The van der Waals surface area contributed by atoms with E-state index in [9.17, 15) is 14.4 Å². The number of piperazine rings is 1. The summed E-state index contributed by atoms with van der Waals surface area (Å²) in [4.78, 5) is 46.6. The van der Waals surface area contributed by atoms with E-state index in [2.05, 4.69) is 42.3 Å². The summed E-state index contributed by atoms with van der Waals surface area (Å²) >= 11 is 0. The SMILES string of the molecule is Cc1ccc(C2NC(=O)N(C)C3=C2C(=O)N(CC(=O)N2CCN(c4c(C)cccc4C)CC2)C3)cc1. The van der Waals surface area contributed by atoms with E-state index in [4.69, 9.17) is 0 Å². The van der Waals surface area contributed by atoms with Gasteiger partial charge >= 0.3 is 6.03 Å². The van der Waals surface area contributed by atoms with Crippen molar-refractivity contribution in [3.63, 3.8) is 0 Å². The topological polar surface area (TPSA) is 76.2 Å². The molecule has 0 aromatic heterocycles. The van der Waals surface area contributed by atoms with Crippen LogP contribution in [0.3, 0.4) is 0 Å². The number of anilines is 1. The summed E-state index contributed by atoms with van der Waals surface area (Å²) in [5, 5.41) is 2.95. The van der Waals surface area contributed by atoms with Crippen molar-refractivity contribution in [3.8, 4) is 0 Å². The van der Waals surface area contributed by atoms with Gasteiger partial charge in [-0.25, -0.2) is 4.79 Å². The maximum absolute atomic E-state index is 13.5. The Hall–Kier alpha value is -3.81. The summed E-state index contributed by atoms with van der Waals surface area (Å²) in [6.45, 7) is 9.27. The molecule has 188 valence electrons. The molecule has 0 radical (unpaired) electrons. The van der Waals surface area contributed by atoms with E-state index >= 15 is 0 Å². The minimum absolute atomic E-state index is 0.0118. The molecule has 0 aliphatic carbocycles. The number of nitrogens with zero attached hydrogens (tertiary/aromatic N) is 4. The van der Waals surface area contributed by atoms with Gasteiger partial charge < -0.3 is 20.0 Å². The average molecular weight is 488 g/mol. The highest BCUT2D eigenvalue weighted by atomic mass is 16.2. The van der Waals surface area contributed by atoms with Gasteiger partial charge in [-0.1, -0.05) is 48.0 Å². The van der Waals surface area contributed by atoms with Crippen LogP contribution in [-0.2, 0) is 9.59 Å². The number of hydrogen-bond donors (Lipinski definition) is 1. The molecule has 0 bridgehead atoms. The number of carbonyl (C=O) groups excluding carboxylic acids is 3. The number of urea groups is 1. The Labute approximate surface area is 212 Å². The van der Waals surface area contributed by atoms with Crippen molar-refractivity contribution in [1.29, 1.82) is 0 Å². The Balaban J connectivity index is 1.27. The fourth-order valence-electron chi connectivity index (χ4n) is 5.51. The van der Waals surface area contributed by atoms with Gasteiger partial charge in [-0.15, -0.1) is 0 Å². The molecule has 2 aromatic carbocycles. The molecule has 5 rings (SSSR count). The number of benzene rings is 2. The zero-order chi connectivity index (χ0) is 25.6. The van der Waals surface area contributed by atoms with Crippen molar-refractivity contribution in [1.82, 2.24) is 20.0 Å². The van der Waals surface area contributed by atoms with Gasteiger partial charge in [-0.05, 0) is 37.5 Å². The van der Waals surface area contributed by atoms with Crippen molar-refractivity contribution in [2.75, 3.05) is 51.2 Å². The van der Waals surface area contributed by atoms with Crippen molar-refractivity contribution >= 4 is 23.5 Å². The quantitative estimate of drug-likeness (QED) is 0.720. The van der Waals surface area contributed by atoms with Crippen LogP contribution in [0.4, 0.5) is 10.5 Å². The molecule has 4 amide bonds. The number of likely N-dealkylation sites (N-methyl/N-ethyl adjacent to an activating group) is 1. The predicted octanol–water partition coefficient (Wildman–Crippen LogP) is 2.75. The molecule has 3 heterocycles. The maximum Gasteiger partial charge on any atom is 0.322 e. The van der Waals surface area contributed by atoms with E-state index in [1.54, 1.807) is 11.9 Å². The lowest BCUT2D eigenvalue weighted by molar-refractivity contribution is -0.137. The molecule has 1 saturated heterocycles. The molecule has 2 aromatic rings. The summed E-state index contributed by atoms with van der Waals surface area (Å²) < 4.78 is 0. The second-order valence-corrected chi connectivity index (χ2v) is 9.98. The summed E-state index contributed by atoms with van der Waals surface area (Å²) in [5.74, 6) is -0.247. The summed E-state index contributed by atoms with van der Waals surface area (Å²) in [5.41, 5.74) is 6.91. The molecule has 0 saturated carbocycles. The van der Waals surface area contributed by atoms with Crippen LogP contribution in [0.2, 0.25) is 0 Å². The van der Waals surface area contributed by atoms with Crippen LogP contribution in [0.1, 0.15) is 28.3 Å². The van der Waals surface area contributed by atoms with E-state index in [0.717, 1.165) is 24.2 Å². The van der Waals surface area contributed by atoms with E-state index in [0.29, 0.717) is 24.4 Å². The molecular formula is C28H33N5O3. The molecule has 3 aliphatic rings. The first-order chi connectivity index (χ1) is 17.2. The summed E-state index contributed by atoms with van der Waals surface area (Å²) in [6.07, 6.45) is 0. The third kappa shape index (κ3) is 4.21. The highest BCUT2D eigenvalue weighted by Crippen LogP contribution is 2.35. The lowest BCUT2D eigenvalue weighted by atomic mass is 9.95. The second kappa shape index (κ2) is 9.33. The van der Waals surface area contributed by atoms with Crippen LogP contribution >= 0.6 is 0 Å². The molecule has 8 nitrogen and oxygen atoms in total. The first kappa shape index (κ1) is 23.9. The van der Waals surface area contributed by atoms with Gasteiger partial charge in [0, 0.05) is 38.9 Å². The maximum atomic E-state index is 13.5. The van der Waals surface area contributed by atoms with Crippen molar-refractivity contribution < 1.29 is 14.4 Å². The predicted molar refractivity (Wildman–Crippen MR) is 139 cm³/mol. The third-order valence-corrected chi connectivity index (χ3v) is 7.56. The van der Waals surface area contributed by atoms with Gasteiger partial charge in [0.1, 0.15) is 6.54 Å². The fourth-order valence-corrected chi connectivity index (χ4v) is 5.51. The van der Waals surface area contributed by atoms with Gasteiger partial charge in [-0.3, -0.25) is 14.5 Å². The van der Waals surface area contributed by atoms with Crippen molar-refractivity contribution in [2.45, 2.75) is 26.8 Å². The Morgan fingerprint density at radius 3 is 2.22 bits per heavy atom. The van der Waals surface area contributed by atoms with Crippen molar-refractivity contribution in [2.24, 2.45) is 0 Å². The lowest BCUT2D eigenvalue weighted by Crippen LogP contribution is -2.52. The van der Waals surface area contributed by atoms with Gasteiger partial charge in [0.15, 0.2) is 0 Å². The van der Waals surface area contributed by atoms with Crippen LogP contribution < -0.4 is 10.2 Å². The van der Waals surface area contributed by atoms with E-state index in [1.165, 1.54) is 21.7 Å². The lowest BCUT2D eigenvalue weighted by Gasteiger charge is -2.38. The van der Waals surface area contributed by atoms with E-state index in [-0.39, 0.29) is 30.9 Å². The number of nitrogens with one attached hydrogen (secondary N) is 1. The average Bonchev–Trinajstić information content (AvgIpc) is 3.18. The Morgan fingerprint density at radius 1 is 0.944 bits per heavy atom. The molecule has 1 atom stereocenters. The molecule has 1 N–H and O–H groups in total. The second-order valence-electron chi connectivity index (χ2n) is 9.98. The molecule has 36 heavy (non-hydrogen) atoms. The van der Waals surface area contributed by atoms with Crippen LogP contribution in [0.5, 0.6) is 0 Å². The number of aryl methyl sites for hydroxylation is 3. The molecule has 0 spiro atoms. The molecule has 3 aliphatic heterocycles.